The molecule has 280 valence electrons. The number of aliphatic hydroxyl groups excluding tert-OH is 1. The van der Waals surface area contributed by atoms with Gasteiger partial charge in [-0.2, -0.15) is 0 Å². The van der Waals surface area contributed by atoms with Crippen LogP contribution in [0.25, 0.3) is 0 Å². The molecule has 53 heavy (non-hydrogen) atoms. The number of ether oxygens (including phenoxy) is 1. The lowest BCUT2D eigenvalue weighted by molar-refractivity contribution is -0.127. The molecule has 0 aromatic heterocycles. The lowest BCUT2D eigenvalue weighted by Crippen LogP contribution is -2.57. The molecule has 5 atom stereocenters. The van der Waals surface area contributed by atoms with E-state index in [-0.39, 0.29) is 60.7 Å². The van der Waals surface area contributed by atoms with Gasteiger partial charge in [0.1, 0.15) is 16.7 Å². The summed E-state index contributed by atoms with van der Waals surface area (Å²) in [6.45, 7) is 9.22. The number of primary amides is 1. The first-order valence-electron chi connectivity index (χ1n) is 18.3. The molecule has 2 aliphatic rings. The first kappa shape index (κ1) is 39.0. The SMILES string of the molecule is CC(C)CC1(C2=CNC(Cc3ccccc3)(CC(O)C(Cc3ccccc3)NC(=O)OC(C)(C)C)C2=O)NC=C(C(Cc2ccccc2)C(N)=O)C1=O. The lowest BCUT2D eigenvalue weighted by Gasteiger charge is -2.37. The van der Waals surface area contributed by atoms with Crippen LogP contribution >= 0.6 is 0 Å². The van der Waals surface area contributed by atoms with E-state index in [1.54, 1.807) is 33.2 Å². The third-order valence-corrected chi connectivity index (χ3v) is 9.84. The molecule has 2 aliphatic heterocycles. The molecule has 0 spiro atoms. The summed E-state index contributed by atoms with van der Waals surface area (Å²) >= 11 is 0. The molecular formula is C43H52N4O6. The Morgan fingerprint density at radius 1 is 0.792 bits per heavy atom. The number of nitrogens with two attached hydrogens (primary N) is 1. The van der Waals surface area contributed by atoms with Crippen molar-refractivity contribution in [2.75, 3.05) is 0 Å². The van der Waals surface area contributed by atoms with E-state index in [2.05, 4.69) is 16.0 Å². The second-order valence-electron chi connectivity index (χ2n) is 15.7. The fourth-order valence-electron chi connectivity index (χ4n) is 7.45. The highest BCUT2D eigenvalue weighted by Crippen LogP contribution is 2.42. The molecule has 10 nitrogen and oxygen atoms in total. The maximum absolute atomic E-state index is 15.1. The van der Waals surface area contributed by atoms with Crippen molar-refractivity contribution in [2.24, 2.45) is 17.6 Å². The van der Waals surface area contributed by atoms with Gasteiger partial charge in [-0.05, 0) is 62.6 Å². The van der Waals surface area contributed by atoms with E-state index in [4.69, 9.17) is 10.5 Å². The highest BCUT2D eigenvalue weighted by Gasteiger charge is 2.57. The standard InChI is InChI=1S/C43H52N4O6/c1-28(2)23-43(37(49)33(26-46-43)32(39(44)51)21-29-15-9-6-10-16-29)34-27-45-42(38(34)50,24-31-19-13-8-14-20-31)25-36(48)35(22-30-17-11-7-12-18-30)47-40(52)53-41(3,4)5/h6-20,26-28,32,35-36,45-46,48H,21-25H2,1-5H3,(H2,44,51)(H,47,52). The number of alkyl carbamates (subject to hydrolysis) is 1. The summed E-state index contributed by atoms with van der Waals surface area (Å²) in [5, 5.41) is 21.5. The molecule has 10 heteroatoms. The summed E-state index contributed by atoms with van der Waals surface area (Å²) in [6, 6.07) is 27.5. The Balaban J connectivity index is 1.49. The first-order valence-corrected chi connectivity index (χ1v) is 18.3. The van der Waals surface area contributed by atoms with E-state index in [9.17, 15) is 19.5 Å². The van der Waals surface area contributed by atoms with Gasteiger partial charge < -0.3 is 31.5 Å². The van der Waals surface area contributed by atoms with Crippen molar-refractivity contribution in [2.45, 2.75) is 95.5 Å². The second-order valence-corrected chi connectivity index (χ2v) is 15.7. The summed E-state index contributed by atoms with van der Waals surface area (Å²) in [5.41, 5.74) is 5.30. The van der Waals surface area contributed by atoms with Crippen molar-refractivity contribution in [3.63, 3.8) is 0 Å². The van der Waals surface area contributed by atoms with E-state index in [1.165, 1.54) is 0 Å². The van der Waals surface area contributed by atoms with Crippen LogP contribution < -0.4 is 21.7 Å². The molecular weight excluding hydrogens is 668 g/mol. The quantitative estimate of drug-likeness (QED) is 0.145. The zero-order chi connectivity index (χ0) is 38.4. The van der Waals surface area contributed by atoms with Gasteiger partial charge in [-0.25, -0.2) is 4.79 Å². The lowest BCUT2D eigenvalue weighted by atomic mass is 9.71. The predicted molar refractivity (Wildman–Crippen MR) is 204 cm³/mol. The maximum atomic E-state index is 15.1. The van der Waals surface area contributed by atoms with Crippen molar-refractivity contribution in [3.8, 4) is 0 Å². The number of benzene rings is 3. The van der Waals surface area contributed by atoms with Crippen LogP contribution in [0.4, 0.5) is 4.79 Å². The Hall–Kier alpha value is -5.22. The fraction of sp³-hybridized carbons (Fsp3) is 0.395. The summed E-state index contributed by atoms with van der Waals surface area (Å²) in [7, 11) is 0. The Morgan fingerprint density at radius 3 is 1.87 bits per heavy atom. The van der Waals surface area contributed by atoms with Gasteiger partial charge in [-0.1, -0.05) is 105 Å². The molecule has 2 heterocycles. The minimum atomic E-state index is -1.47. The maximum Gasteiger partial charge on any atom is 0.407 e. The highest BCUT2D eigenvalue weighted by atomic mass is 16.6. The number of carbonyl (C=O) groups excluding carboxylic acids is 4. The number of hydrogen-bond acceptors (Lipinski definition) is 8. The molecule has 0 fully saturated rings. The molecule has 0 saturated carbocycles. The van der Waals surface area contributed by atoms with E-state index in [0.29, 0.717) is 0 Å². The van der Waals surface area contributed by atoms with Crippen molar-refractivity contribution in [3.05, 3.63) is 131 Å². The zero-order valence-electron chi connectivity index (χ0n) is 31.2. The zero-order valence-corrected chi connectivity index (χ0v) is 31.2. The van der Waals surface area contributed by atoms with Crippen molar-refractivity contribution in [1.82, 2.24) is 16.0 Å². The van der Waals surface area contributed by atoms with Gasteiger partial charge in [0.25, 0.3) is 0 Å². The largest absolute Gasteiger partial charge is 0.444 e. The molecule has 5 rings (SSSR count). The molecule has 0 aliphatic carbocycles. The number of Topliss-reactive ketones (excluding diaryl/α,β-unsaturated/α-hetero) is 2. The van der Waals surface area contributed by atoms with Crippen LogP contribution in [-0.2, 0) is 38.4 Å². The van der Waals surface area contributed by atoms with E-state index in [0.717, 1.165) is 16.7 Å². The van der Waals surface area contributed by atoms with Crippen LogP contribution in [0.3, 0.4) is 0 Å². The third-order valence-electron chi connectivity index (χ3n) is 9.84. The number of ketones is 2. The number of amides is 2. The summed E-state index contributed by atoms with van der Waals surface area (Å²) in [4.78, 5) is 55.8. The molecule has 5 unspecified atom stereocenters. The average molecular weight is 721 g/mol. The van der Waals surface area contributed by atoms with Gasteiger partial charge in [0.05, 0.1) is 18.1 Å². The van der Waals surface area contributed by atoms with Crippen LogP contribution in [0.1, 0.15) is 64.2 Å². The van der Waals surface area contributed by atoms with Crippen molar-refractivity contribution >= 4 is 23.6 Å². The average Bonchev–Trinajstić information content (AvgIpc) is 3.58. The van der Waals surface area contributed by atoms with Gasteiger partial charge in [0.2, 0.25) is 5.91 Å². The Kier molecular flexibility index (Phi) is 11.9. The predicted octanol–water partition coefficient (Wildman–Crippen LogP) is 5.10. The van der Waals surface area contributed by atoms with Gasteiger partial charge in [-0.3, -0.25) is 14.4 Å². The molecule has 0 bridgehead atoms. The Labute approximate surface area is 312 Å². The highest BCUT2D eigenvalue weighted by molar-refractivity contribution is 6.19. The third kappa shape index (κ3) is 9.24. The van der Waals surface area contributed by atoms with Crippen molar-refractivity contribution < 1.29 is 29.0 Å². The van der Waals surface area contributed by atoms with Gasteiger partial charge in [0.15, 0.2) is 11.6 Å². The van der Waals surface area contributed by atoms with Crippen LogP contribution in [0.2, 0.25) is 0 Å². The smallest absolute Gasteiger partial charge is 0.407 e. The first-order chi connectivity index (χ1) is 25.1. The molecule has 0 saturated heterocycles. The van der Waals surface area contributed by atoms with Crippen LogP contribution in [-0.4, -0.2) is 57.5 Å². The topological polar surface area (TPSA) is 160 Å². The fourth-order valence-corrected chi connectivity index (χ4v) is 7.45. The molecule has 3 aromatic rings. The number of hydrogen-bond donors (Lipinski definition) is 5. The monoisotopic (exact) mass is 720 g/mol. The molecule has 2 amide bonds. The molecule has 6 N–H and O–H groups in total. The second kappa shape index (κ2) is 16.2. The van der Waals surface area contributed by atoms with E-state index in [1.807, 2.05) is 105 Å². The summed E-state index contributed by atoms with van der Waals surface area (Å²) in [6.07, 6.45) is 2.10. The summed E-state index contributed by atoms with van der Waals surface area (Å²) in [5.74, 6) is -2.31. The van der Waals surface area contributed by atoms with E-state index >= 15 is 4.79 Å². The number of aliphatic hydroxyl groups is 1. The van der Waals surface area contributed by atoms with Crippen molar-refractivity contribution in [1.29, 1.82) is 0 Å². The van der Waals surface area contributed by atoms with Gasteiger partial charge in [0, 0.05) is 36.4 Å². The number of carbonyl (C=O) groups is 4. The van der Waals surface area contributed by atoms with Crippen LogP contribution in [0.15, 0.2) is 115 Å². The normalized spacial score (nSPS) is 21.6. The minimum absolute atomic E-state index is 0.0305. The molecule has 3 aromatic carbocycles. The molecule has 0 radical (unpaired) electrons. The van der Waals surface area contributed by atoms with Gasteiger partial charge >= 0.3 is 6.09 Å². The minimum Gasteiger partial charge on any atom is -0.444 e. The number of nitrogens with one attached hydrogen (secondary N) is 3. The van der Waals surface area contributed by atoms with E-state index < -0.39 is 46.7 Å². The Bertz CT molecular complexity index is 1840. The number of rotatable bonds is 15. The summed E-state index contributed by atoms with van der Waals surface area (Å²) < 4.78 is 5.56. The van der Waals surface area contributed by atoms with Crippen LogP contribution in [0.5, 0.6) is 0 Å². The van der Waals surface area contributed by atoms with Crippen LogP contribution in [0, 0.1) is 11.8 Å². The Morgan fingerprint density at radius 2 is 1.34 bits per heavy atom. The van der Waals surface area contributed by atoms with Gasteiger partial charge in [-0.15, -0.1) is 0 Å².